The lowest BCUT2D eigenvalue weighted by Crippen LogP contribution is -2.49. The summed E-state index contributed by atoms with van der Waals surface area (Å²) in [5.74, 6) is -3.00. The molecule has 1 saturated heterocycles. The third kappa shape index (κ3) is 6.30. The molecule has 4 rings (SSSR count). The topological polar surface area (TPSA) is 127 Å². The summed E-state index contributed by atoms with van der Waals surface area (Å²) in [4.78, 5) is 19.2. The van der Waals surface area contributed by atoms with Gasteiger partial charge in [0, 0.05) is 42.4 Å². The van der Waals surface area contributed by atoms with Crippen molar-refractivity contribution in [2.75, 3.05) is 38.6 Å². The van der Waals surface area contributed by atoms with Gasteiger partial charge in [-0.1, -0.05) is 0 Å². The first kappa shape index (κ1) is 29.5. The minimum atomic E-state index is -1.02. The van der Waals surface area contributed by atoms with Crippen LogP contribution in [0.3, 0.4) is 0 Å². The van der Waals surface area contributed by atoms with Crippen molar-refractivity contribution < 1.29 is 38.1 Å². The molecule has 2 heterocycles. The van der Waals surface area contributed by atoms with Crippen molar-refractivity contribution in [3.05, 3.63) is 65.1 Å². The highest BCUT2D eigenvalue weighted by Crippen LogP contribution is 2.40. The number of hydrogen-bond acceptors (Lipinski definition) is 8. The lowest BCUT2D eigenvalue weighted by Gasteiger charge is -2.40. The van der Waals surface area contributed by atoms with Crippen LogP contribution in [0, 0.1) is 22.9 Å². The van der Waals surface area contributed by atoms with Gasteiger partial charge in [-0.05, 0) is 62.5 Å². The Kier molecular flexibility index (Phi) is 9.46. The quantitative estimate of drug-likeness (QED) is 0.177. The van der Waals surface area contributed by atoms with E-state index in [0.29, 0.717) is 72.4 Å². The first-order chi connectivity index (χ1) is 19.2. The number of carbonyl (C=O) groups is 1. The molecule has 1 amide bonds. The van der Waals surface area contributed by atoms with Crippen molar-refractivity contribution in [3.8, 4) is 5.75 Å². The van der Waals surface area contributed by atoms with Crippen molar-refractivity contribution in [1.29, 1.82) is 0 Å². The van der Waals surface area contributed by atoms with E-state index in [1.54, 1.807) is 23.7 Å². The van der Waals surface area contributed by atoms with E-state index in [2.05, 4.69) is 10.3 Å². The number of aromatic nitrogens is 1. The number of nitrogens with one attached hydrogen (secondary N) is 2. The van der Waals surface area contributed by atoms with Crippen LogP contribution in [0.25, 0.3) is 10.9 Å². The van der Waals surface area contributed by atoms with Gasteiger partial charge in [0.15, 0.2) is 11.6 Å². The van der Waals surface area contributed by atoms with Crippen molar-refractivity contribution in [2.45, 2.75) is 38.4 Å². The summed E-state index contributed by atoms with van der Waals surface area (Å²) < 4.78 is 46.2. The van der Waals surface area contributed by atoms with E-state index in [-0.39, 0.29) is 26.0 Å². The summed E-state index contributed by atoms with van der Waals surface area (Å²) in [6.07, 6.45) is 1.69. The van der Waals surface area contributed by atoms with E-state index in [1.165, 1.54) is 13.3 Å². The van der Waals surface area contributed by atoms with Crippen LogP contribution >= 0.6 is 0 Å². The Morgan fingerprint density at radius 1 is 1.18 bits per heavy atom. The number of methoxy groups -OCH3 is 1. The SMILES string of the molecule is COc1ccc2ncc(CO)c(C(O)CCC3(C(=O)NO)CCN(CCNc4c(F)cc(F)cc4F)CC3)c2c1. The van der Waals surface area contributed by atoms with Crippen LogP contribution in [-0.2, 0) is 11.4 Å². The molecule has 1 aliphatic rings. The van der Waals surface area contributed by atoms with Crippen LogP contribution in [0.4, 0.5) is 18.9 Å². The molecule has 1 aliphatic heterocycles. The van der Waals surface area contributed by atoms with Crippen LogP contribution in [0.15, 0.2) is 36.5 Å². The number of anilines is 1. The van der Waals surface area contributed by atoms with Gasteiger partial charge in [-0.2, -0.15) is 0 Å². The number of piperidine rings is 1. The lowest BCUT2D eigenvalue weighted by atomic mass is 9.73. The third-order valence-electron chi connectivity index (χ3n) is 7.73. The zero-order valence-electron chi connectivity index (χ0n) is 22.1. The van der Waals surface area contributed by atoms with E-state index >= 15 is 0 Å². The van der Waals surface area contributed by atoms with Crippen molar-refractivity contribution in [2.24, 2.45) is 5.41 Å². The van der Waals surface area contributed by atoms with E-state index in [4.69, 9.17) is 4.74 Å². The predicted octanol–water partition coefficient (Wildman–Crippen LogP) is 3.67. The maximum atomic E-state index is 13.9. The number of likely N-dealkylation sites (tertiary alicyclic amines) is 1. The van der Waals surface area contributed by atoms with Gasteiger partial charge < -0.3 is 25.2 Å². The predicted molar refractivity (Wildman–Crippen MR) is 141 cm³/mol. The Bertz CT molecular complexity index is 1320. The molecule has 2 aromatic carbocycles. The summed E-state index contributed by atoms with van der Waals surface area (Å²) in [6.45, 7) is 1.22. The van der Waals surface area contributed by atoms with Gasteiger partial charge >= 0.3 is 0 Å². The van der Waals surface area contributed by atoms with Gasteiger partial charge in [-0.3, -0.25) is 15.0 Å². The second kappa shape index (κ2) is 12.8. The van der Waals surface area contributed by atoms with Gasteiger partial charge in [0.05, 0.1) is 30.8 Å². The number of nitrogens with zero attached hydrogens (tertiary/aromatic N) is 2. The van der Waals surface area contributed by atoms with Crippen LogP contribution < -0.4 is 15.5 Å². The van der Waals surface area contributed by atoms with Gasteiger partial charge in [0.25, 0.3) is 0 Å². The third-order valence-corrected chi connectivity index (χ3v) is 7.73. The molecule has 0 aliphatic carbocycles. The minimum Gasteiger partial charge on any atom is -0.497 e. The minimum absolute atomic E-state index is 0.182. The molecule has 1 fully saturated rings. The lowest BCUT2D eigenvalue weighted by molar-refractivity contribution is -0.143. The van der Waals surface area contributed by atoms with Crippen LogP contribution in [-0.4, -0.2) is 64.5 Å². The molecule has 3 aromatic rings. The Balaban J connectivity index is 1.42. The maximum Gasteiger partial charge on any atom is 0.249 e. The summed E-state index contributed by atoms with van der Waals surface area (Å²) >= 11 is 0. The fourth-order valence-corrected chi connectivity index (χ4v) is 5.40. The second-order valence-electron chi connectivity index (χ2n) is 10.0. The molecule has 0 radical (unpaired) electrons. The summed E-state index contributed by atoms with van der Waals surface area (Å²) in [5.41, 5.74) is 2.02. The molecular weight excluding hydrogens is 529 g/mol. The molecule has 0 saturated carbocycles. The average Bonchev–Trinajstić information content (AvgIpc) is 2.96. The zero-order chi connectivity index (χ0) is 28.9. The molecule has 5 N–H and O–H groups in total. The van der Waals surface area contributed by atoms with Gasteiger partial charge in [0.1, 0.15) is 17.3 Å². The fraction of sp³-hybridized carbons (Fsp3) is 0.429. The highest BCUT2D eigenvalue weighted by molar-refractivity contribution is 5.85. The number of hydroxylamine groups is 1. The highest BCUT2D eigenvalue weighted by Gasteiger charge is 2.41. The van der Waals surface area contributed by atoms with Gasteiger partial charge in [-0.25, -0.2) is 18.7 Å². The van der Waals surface area contributed by atoms with Crippen LogP contribution in [0.1, 0.15) is 42.9 Å². The van der Waals surface area contributed by atoms with E-state index in [9.17, 15) is 33.4 Å². The summed E-state index contributed by atoms with van der Waals surface area (Å²) in [7, 11) is 1.53. The molecule has 1 aromatic heterocycles. The number of halogens is 3. The Morgan fingerprint density at radius 2 is 1.88 bits per heavy atom. The molecule has 0 spiro atoms. The van der Waals surface area contributed by atoms with Crippen LogP contribution in [0.2, 0.25) is 0 Å². The number of carbonyl (C=O) groups excluding carboxylic acids is 1. The molecule has 0 bridgehead atoms. The van der Waals surface area contributed by atoms with Crippen molar-refractivity contribution in [3.63, 3.8) is 0 Å². The zero-order valence-corrected chi connectivity index (χ0v) is 22.1. The average molecular weight is 563 g/mol. The monoisotopic (exact) mass is 562 g/mol. The summed E-state index contributed by atoms with van der Waals surface area (Å²) in [5, 5.41) is 33.9. The Labute approximate surface area is 229 Å². The number of ether oxygens (including phenoxy) is 1. The largest absolute Gasteiger partial charge is 0.497 e. The highest BCUT2D eigenvalue weighted by atomic mass is 19.1. The standard InChI is InChI=1S/C28H33F3N4O5/c1-40-19-2-3-23-20(14-19)25(17(16-36)15-33-23)24(37)4-5-28(27(38)34-39)6-9-35(10-7-28)11-8-32-26-21(30)12-18(29)13-22(26)31/h2-3,12-15,24,32,36-37,39H,4-11,16H2,1H3,(H,34,38). The van der Waals surface area contributed by atoms with Gasteiger partial charge in [-0.15, -0.1) is 0 Å². The smallest absolute Gasteiger partial charge is 0.249 e. The number of rotatable bonds is 11. The molecule has 1 atom stereocenters. The number of amides is 1. The summed E-state index contributed by atoms with van der Waals surface area (Å²) in [6, 6.07) is 6.47. The number of aliphatic hydroxyl groups is 2. The van der Waals surface area contributed by atoms with E-state index in [1.807, 2.05) is 4.90 Å². The van der Waals surface area contributed by atoms with E-state index in [0.717, 1.165) is 0 Å². The van der Waals surface area contributed by atoms with Gasteiger partial charge in [0.2, 0.25) is 5.91 Å². The molecule has 40 heavy (non-hydrogen) atoms. The first-order valence-corrected chi connectivity index (χ1v) is 13.0. The molecule has 216 valence electrons. The van der Waals surface area contributed by atoms with Crippen molar-refractivity contribution >= 4 is 22.5 Å². The molecule has 1 unspecified atom stereocenters. The van der Waals surface area contributed by atoms with Crippen LogP contribution in [0.5, 0.6) is 5.75 Å². The number of fused-ring (bicyclic) bond motifs is 1. The van der Waals surface area contributed by atoms with E-state index < -0.39 is 40.6 Å². The normalized spacial score (nSPS) is 16.1. The Hall–Kier alpha value is -3.45. The molecule has 9 nitrogen and oxygen atoms in total. The number of benzene rings is 2. The Morgan fingerprint density at radius 3 is 2.50 bits per heavy atom. The number of aliphatic hydroxyl groups excluding tert-OH is 2. The second-order valence-corrected chi connectivity index (χ2v) is 10.0. The number of hydrogen-bond donors (Lipinski definition) is 5. The molecular formula is C28H33F3N4O5. The maximum absolute atomic E-state index is 13.9. The first-order valence-electron chi connectivity index (χ1n) is 13.0. The molecule has 12 heteroatoms. The van der Waals surface area contributed by atoms with Crippen molar-refractivity contribution in [1.82, 2.24) is 15.4 Å². The number of pyridine rings is 1. The fourth-order valence-electron chi connectivity index (χ4n) is 5.40.